The summed E-state index contributed by atoms with van der Waals surface area (Å²) in [7, 11) is 0. The maximum absolute atomic E-state index is 10.4. The summed E-state index contributed by atoms with van der Waals surface area (Å²) in [5, 5.41) is 7.44. The number of carbonyl (C=O) groups excluding carboxylic acids is 1. The zero-order valence-corrected chi connectivity index (χ0v) is 46.3. The molecule has 0 saturated carbocycles. The Labute approximate surface area is 445 Å². The molecule has 0 aromatic heterocycles. The minimum Gasteiger partial charge on any atom is -0.814 e. The van der Waals surface area contributed by atoms with Gasteiger partial charge in [-0.3, -0.25) is 9.98 Å². The number of para-hydroxylation sites is 2. The van der Waals surface area contributed by atoms with Crippen LogP contribution in [0.3, 0.4) is 0 Å². The van der Waals surface area contributed by atoms with Gasteiger partial charge in [-0.1, -0.05) is 249 Å². The van der Waals surface area contributed by atoms with Gasteiger partial charge in [0.2, 0.25) is 0 Å². The first-order valence-electron chi connectivity index (χ1n) is 23.3. The molecule has 0 fully saturated rings. The zero-order valence-electron chi connectivity index (χ0n) is 44.7. The number of nitrogens with zero attached hydrogens (tertiary/aromatic N) is 3. The summed E-state index contributed by atoms with van der Waals surface area (Å²) in [5.74, 6) is 0. The van der Waals surface area contributed by atoms with Gasteiger partial charge >= 0.3 is 19.5 Å². The van der Waals surface area contributed by atoms with Gasteiger partial charge in [-0.25, -0.2) is 19.4 Å². The Bertz CT molecular complexity index is 2330. The number of hydrogen-bond donors (Lipinski definition) is 0. The first-order chi connectivity index (χ1) is 33.6. The van der Waals surface area contributed by atoms with Gasteiger partial charge in [-0.15, -0.1) is 13.2 Å². The molecule has 0 aliphatic heterocycles. The van der Waals surface area contributed by atoms with Crippen molar-refractivity contribution in [1.29, 1.82) is 0 Å². The fraction of sp³-hybridized carbons (Fsp3) is 0.250. The molecular weight excluding hydrogens is 987 g/mol. The summed E-state index contributed by atoms with van der Waals surface area (Å²) >= 11 is 0. The van der Waals surface area contributed by atoms with Gasteiger partial charge in [0.15, 0.2) is 0 Å². The van der Waals surface area contributed by atoms with E-state index in [2.05, 4.69) is 140 Å². The molecule has 0 aliphatic carbocycles. The molecule has 0 spiro atoms. The Morgan fingerprint density at radius 1 is 0.569 bits per heavy atom. The largest absolute Gasteiger partial charge is 2.00 e. The third kappa shape index (κ3) is 36.3. The molecule has 0 aliphatic rings. The van der Waals surface area contributed by atoms with E-state index in [4.69, 9.17) is 20.2 Å². The van der Waals surface area contributed by atoms with Crippen molar-refractivity contribution in [2.45, 2.75) is 107 Å². The van der Waals surface area contributed by atoms with Crippen LogP contribution in [0, 0.1) is 0 Å². The second kappa shape index (κ2) is 41.0. The normalized spacial score (nSPS) is 10.5. The van der Waals surface area contributed by atoms with E-state index in [9.17, 15) is 13.2 Å². The molecule has 0 heterocycles. The van der Waals surface area contributed by atoms with Crippen LogP contribution in [-0.2, 0) is 41.5 Å². The van der Waals surface area contributed by atoms with Crippen molar-refractivity contribution < 1.29 is 37.4 Å². The number of allylic oxidation sites excluding steroid dienone is 4. The molecule has 4 nitrogen and oxygen atoms in total. The Morgan fingerprint density at radius 3 is 1.14 bits per heavy atom. The number of halogens is 3. The van der Waals surface area contributed by atoms with E-state index in [-0.39, 0.29) is 36.6 Å². The van der Waals surface area contributed by atoms with E-state index in [0.717, 1.165) is 41.0 Å². The van der Waals surface area contributed by atoms with E-state index >= 15 is 0 Å². The molecule has 385 valence electrons. The monoisotopic (exact) mass is 1060 g/mol. The van der Waals surface area contributed by atoms with Crippen LogP contribution in [-0.4, -0.2) is 30.1 Å². The van der Waals surface area contributed by atoms with E-state index in [1.54, 1.807) is 13.0 Å². The molecule has 0 bridgehead atoms. The first-order valence-corrected chi connectivity index (χ1v) is 23.3. The van der Waals surface area contributed by atoms with Crippen molar-refractivity contribution >= 4 is 46.9 Å². The Hall–Kier alpha value is -6.63. The van der Waals surface area contributed by atoms with Crippen LogP contribution in [0.5, 0.6) is 0 Å². The molecule has 1 radical (unpaired) electrons. The quantitative estimate of drug-likeness (QED) is 0.0680. The molecule has 0 atom stereocenters. The van der Waals surface area contributed by atoms with Gasteiger partial charge in [-0.2, -0.15) is 6.29 Å². The standard InChI is InChI=1S/C24H32N2.3C9H10.C6H6.C3H6.C2F3O.C2H4N.Rh/c1-17(25-21-15-11-9-13-19(21)23(3,4)5)18(2)26-22-16-12-10-14-20(22)24(6,7)8;1-8(2)9-6-4-3-5-7-9;2*1-2-6-9-7-4-3-5-8-9;1-2-4-6-5-3-1;1-3-2;3-2(4,5)1-6;1-2-3;/h9-16H,1-8H3;3-7H,1H2,2H3;2-8H,1H3;2-5,7-8H,1,6H2;1-6H;3H,1H2,2H3;;2H,1H3;/q;;;;;;2*-1;+2/b;;6-2+;;;;;;. The summed E-state index contributed by atoms with van der Waals surface area (Å²) in [5.41, 5.74) is 11.5. The summed E-state index contributed by atoms with van der Waals surface area (Å²) in [6.45, 7) is 35.7. The van der Waals surface area contributed by atoms with Crippen molar-refractivity contribution in [3.05, 3.63) is 247 Å². The maximum atomic E-state index is 10.4. The van der Waals surface area contributed by atoms with Crippen LogP contribution in [0.1, 0.15) is 111 Å². The van der Waals surface area contributed by atoms with Crippen molar-refractivity contribution in [2.24, 2.45) is 9.98 Å². The maximum Gasteiger partial charge on any atom is 2.00 e. The minimum absolute atomic E-state index is 0. The average molecular weight is 1070 g/mol. The molecule has 8 heteroatoms. The molecule has 0 N–H and O–H groups in total. The van der Waals surface area contributed by atoms with Crippen molar-refractivity contribution in [1.82, 2.24) is 0 Å². The van der Waals surface area contributed by atoms with E-state index < -0.39 is 6.18 Å². The topological polar surface area (TPSA) is 64.1 Å². The van der Waals surface area contributed by atoms with E-state index in [0.29, 0.717) is 0 Å². The van der Waals surface area contributed by atoms with E-state index in [1.807, 2.05) is 150 Å². The second-order valence-electron chi connectivity index (χ2n) is 17.4. The fourth-order valence-corrected chi connectivity index (χ4v) is 5.58. The van der Waals surface area contributed by atoms with Crippen LogP contribution >= 0.6 is 0 Å². The van der Waals surface area contributed by atoms with Crippen molar-refractivity contribution in [3.8, 4) is 0 Å². The van der Waals surface area contributed by atoms with E-state index in [1.165, 1.54) is 27.8 Å². The summed E-state index contributed by atoms with van der Waals surface area (Å²) in [6, 6.07) is 59.5. The molecule has 72 heavy (non-hydrogen) atoms. The van der Waals surface area contributed by atoms with Gasteiger partial charge < -0.3 is 10.2 Å². The van der Waals surface area contributed by atoms with Gasteiger partial charge in [0.25, 0.3) is 6.18 Å². The zero-order chi connectivity index (χ0) is 54.1. The molecule has 0 amide bonds. The van der Waals surface area contributed by atoms with Crippen LogP contribution in [0.4, 0.5) is 24.5 Å². The Balaban J connectivity index is -0.000000856. The smallest absolute Gasteiger partial charge is 0.814 e. The average Bonchev–Trinajstić information content (AvgIpc) is 3.34. The summed E-state index contributed by atoms with van der Waals surface area (Å²) in [6.07, 6.45) is 4.85. The second-order valence-corrected chi connectivity index (χ2v) is 17.4. The molecule has 0 saturated heterocycles. The molecular formula is C64H78F3N3ORh. The van der Waals surface area contributed by atoms with Gasteiger partial charge in [0.05, 0.1) is 22.8 Å². The third-order valence-electron chi connectivity index (χ3n) is 8.95. The van der Waals surface area contributed by atoms with Crippen LogP contribution in [0.25, 0.3) is 17.1 Å². The predicted molar refractivity (Wildman–Crippen MR) is 308 cm³/mol. The van der Waals surface area contributed by atoms with Crippen LogP contribution in [0.15, 0.2) is 224 Å². The molecule has 0 unspecified atom stereocenters. The number of benzene rings is 6. The van der Waals surface area contributed by atoms with Gasteiger partial charge in [0.1, 0.15) is 0 Å². The third-order valence-corrected chi connectivity index (χ3v) is 8.95. The van der Waals surface area contributed by atoms with Crippen LogP contribution in [0.2, 0.25) is 0 Å². The first kappa shape index (κ1) is 69.6. The SMILES string of the molecule is C/C=C/c1ccccc1.C=C(C)c1ccccc1.C=CC.C=CCc1ccccc1.CC(=Nc1ccccc1C(C)(C)C)C(C)=Nc1ccccc1C(C)(C)C.CC=[N-].O=[C-]C(F)(F)F.[Rh+2].c1ccccc1. The molecule has 6 aromatic carbocycles. The Kier molecular flexibility index (Phi) is 39.7. The van der Waals surface area contributed by atoms with Gasteiger partial charge in [0, 0.05) is 0 Å². The molecule has 6 rings (SSSR count). The number of hydrogen-bond acceptors (Lipinski definition) is 3. The van der Waals surface area contributed by atoms with Crippen molar-refractivity contribution in [2.75, 3.05) is 0 Å². The number of rotatable bonds is 7. The van der Waals surface area contributed by atoms with Crippen LogP contribution < -0.4 is 0 Å². The number of alkyl halides is 3. The summed E-state index contributed by atoms with van der Waals surface area (Å²) < 4.78 is 31.1. The summed E-state index contributed by atoms with van der Waals surface area (Å²) in [4.78, 5) is 18.4. The fourth-order valence-electron chi connectivity index (χ4n) is 5.58. The number of aliphatic imine (C=N–C) groups is 2. The Morgan fingerprint density at radius 2 is 0.861 bits per heavy atom. The van der Waals surface area contributed by atoms with Gasteiger partial charge in [-0.05, 0) is 91.8 Å². The molecule has 6 aromatic rings. The van der Waals surface area contributed by atoms with Crippen molar-refractivity contribution in [3.63, 3.8) is 0 Å². The predicted octanol–water partition coefficient (Wildman–Crippen LogP) is 19.2. The minimum atomic E-state index is -4.76.